The number of nitrogens with zero attached hydrogens (tertiary/aromatic N) is 2. The van der Waals surface area contributed by atoms with E-state index in [2.05, 4.69) is 12.1 Å². The molecule has 0 spiro atoms. The summed E-state index contributed by atoms with van der Waals surface area (Å²) in [4.78, 5) is 3.60. The lowest BCUT2D eigenvalue weighted by Gasteiger charge is -1.97. The molecule has 0 aliphatic rings. The minimum atomic E-state index is 0.724. The zero-order valence-corrected chi connectivity index (χ0v) is 13.0. The molecule has 4 aromatic rings. The predicted octanol–water partition coefficient (Wildman–Crippen LogP) is 5.53. The van der Waals surface area contributed by atoms with Gasteiger partial charge in [0.1, 0.15) is 21.9 Å². The first-order valence-corrected chi connectivity index (χ1v) is 8.30. The smallest absolute Gasteiger partial charge is 0.113 e. The maximum absolute atomic E-state index is 9.37. The number of hydrogen-bond donors (Lipinski definition) is 0. The van der Waals surface area contributed by atoms with Crippen LogP contribution in [0, 0.1) is 22.7 Å². The molecule has 2 aromatic carbocycles. The van der Waals surface area contributed by atoms with Crippen LogP contribution in [0.5, 0.6) is 0 Å². The summed E-state index contributed by atoms with van der Waals surface area (Å²) in [6.45, 7) is 0. The van der Waals surface area contributed by atoms with Crippen molar-refractivity contribution >= 4 is 44.2 Å². The van der Waals surface area contributed by atoms with Gasteiger partial charge in [0.15, 0.2) is 0 Å². The molecule has 2 nitrogen and oxygen atoms in total. The molecule has 4 rings (SSSR count). The first-order chi connectivity index (χ1) is 10.8. The second-order valence-corrected chi connectivity index (χ2v) is 6.88. The molecule has 0 bridgehead atoms. The summed E-state index contributed by atoms with van der Waals surface area (Å²) in [6, 6.07) is 20.5. The lowest BCUT2D eigenvalue weighted by Crippen LogP contribution is -1.71. The molecule has 0 atom stereocenters. The fourth-order valence-corrected chi connectivity index (χ4v) is 4.99. The molecular weight excluding hydrogens is 308 g/mol. The Hall–Kier alpha value is -2.66. The lowest BCUT2D eigenvalue weighted by molar-refractivity contribution is 1.53. The molecular formula is C18H8N2S2. The molecule has 0 N–H and O–H groups in total. The molecule has 4 heteroatoms. The van der Waals surface area contributed by atoms with Gasteiger partial charge < -0.3 is 0 Å². The average Bonchev–Trinajstić information content (AvgIpc) is 3.13. The molecule has 2 heterocycles. The maximum Gasteiger partial charge on any atom is 0.113 e. The minimum Gasteiger partial charge on any atom is -0.192 e. The summed E-state index contributed by atoms with van der Waals surface area (Å²) in [5, 5.41) is 22.9. The number of fused-ring (bicyclic) bond motifs is 2. The van der Waals surface area contributed by atoms with Crippen LogP contribution in [0.3, 0.4) is 0 Å². The van der Waals surface area contributed by atoms with E-state index in [1.807, 2.05) is 48.5 Å². The molecule has 0 saturated heterocycles. The van der Waals surface area contributed by atoms with Crippen molar-refractivity contribution in [1.82, 2.24) is 0 Å². The predicted molar refractivity (Wildman–Crippen MR) is 92.1 cm³/mol. The van der Waals surface area contributed by atoms with E-state index < -0.39 is 0 Å². The van der Waals surface area contributed by atoms with Crippen LogP contribution in [0.2, 0.25) is 0 Å². The Morgan fingerprint density at radius 3 is 1.32 bits per heavy atom. The Kier molecular flexibility index (Phi) is 2.94. The van der Waals surface area contributed by atoms with Crippen LogP contribution >= 0.6 is 22.7 Å². The number of benzene rings is 2. The van der Waals surface area contributed by atoms with Crippen molar-refractivity contribution in [3.05, 3.63) is 58.3 Å². The second-order valence-electron chi connectivity index (χ2n) is 4.84. The third-order valence-corrected chi connectivity index (χ3v) is 6.07. The molecule has 102 valence electrons. The van der Waals surface area contributed by atoms with Crippen molar-refractivity contribution in [2.75, 3.05) is 0 Å². The SMILES string of the molecule is N#Cc1sc(-c2sc(C#N)c3ccccc23)c2ccccc12. The van der Waals surface area contributed by atoms with Crippen molar-refractivity contribution in [2.24, 2.45) is 0 Å². The van der Waals surface area contributed by atoms with Gasteiger partial charge in [0.25, 0.3) is 0 Å². The summed E-state index contributed by atoms with van der Waals surface area (Å²) in [7, 11) is 0. The van der Waals surface area contributed by atoms with Crippen molar-refractivity contribution < 1.29 is 0 Å². The van der Waals surface area contributed by atoms with E-state index in [1.54, 1.807) is 0 Å². The van der Waals surface area contributed by atoms with Gasteiger partial charge in [0.2, 0.25) is 0 Å². The van der Waals surface area contributed by atoms with Gasteiger partial charge in [-0.05, 0) is 0 Å². The maximum atomic E-state index is 9.37. The van der Waals surface area contributed by atoms with Gasteiger partial charge in [-0.1, -0.05) is 48.5 Å². The molecule has 0 unspecified atom stereocenters. The van der Waals surface area contributed by atoms with Crippen LogP contribution < -0.4 is 0 Å². The first-order valence-electron chi connectivity index (χ1n) is 6.67. The summed E-state index contributed by atoms with van der Waals surface area (Å²) >= 11 is 3.01. The largest absolute Gasteiger partial charge is 0.192 e. The van der Waals surface area contributed by atoms with Crippen molar-refractivity contribution in [3.8, 4) is 21.9 Å². The van der Waals surface area contributed by atoms with E-state index in [0.29, 0.717) is 0 Å². The summed E-state index contributed by atoms with van der Waals surface area (Å²) in [5.74, 6) is 0. The molecule has 0 amide bonds. The monoisotopic (exact) mass is 316 g/mol. The molecule has 2 aromatic heterocycles. The van der Waals surface area contributed by atoms with Crippen LogP contribution in [0.4, 0.5) is 0 Å². The van der Waals surface area contributed by atoms with Gasteiger partial charge in [-0.15, -0.1) is 22.7 Å². The highest BCUT2D eigenvalue weighted by Crippen LogP contribution is 2.45. The number of thiophene rings is 2. The second kappa shape index (κ2) is 4.96. The standard InChI is InChI=1S/C18H8N2S2/c19-9-15-11-5-1-3-7-13(11)17(21-15)18-14-8-4-2-6-12(14)16(10-20)22-18/h1-8H. The normalized spacial score (nSPS) is 10.6. The Morgan fingerprint density at radius 1 is 0.591 bits per heavy atom. The average molecular weight is 316 g/mol. The van der Waals surface area contributed by atoms with E-state index in [0.717, 1.165) is 41.1 Å². The zero-order chi connectivity index (χ0) is 15.1. The van der Waals surface area contributed by atoms with Gasteiger partial charge >= 0.3 is 0 Å². The minimum absolute atomic E-state index is 0.724. The van der Waals surface area contributed by atoms with Crippen LogP contribution in [-0.4, -0.2) is 0 Å². The molecule has 0 radical (unpaired) electrons. The number of hydrogen-bond acceptors (Lipinski definition) is 4. The third-order valence-electron chi connectivity index (χ3n) is 3.65. The van der Waals surface area contributed by atoms with Gasteiger partial charge in [-0.3, -0.25) is 0 Å². The Morgan fingerprint density at radius 2 is 0.955 bits per heavy atom. The lowest BCUT2D eigenvalue weighted by atomic mass is 10.1. The Balaban J connectivity index is 2.14. The summed E-state index contributed by atoms with van der Waals surface area (Å²) in [5.41, 5.74) is 0. The van der Waals surface area contributed by atoms with E-state index in [4.69, 9.17) is 0 Å². The molecule has 22 heavy (non-hydrogen) atoms. The molecule has 0 aliphatic heterocycles. The van der Waals surface area contributed by atoms with Gasteiger partial charge in [0.05, 0.1) is 9.75 Å². The molecule has 0 saturated carbocycles. The van der Waals surface area contributed by atoms with E-state index >= 15 is 0 Å². The highest BCUT2D eigenvalue weighted by Gasteiger charge is 2.18. The van der Waals surface area contributed by atoms with Crippen LogP contribution in [-0.2, 0) is 0 Å². The van der Waals surface area contributed by atoms with Crippen LogP contribution in [0.15, 0.2) is 48.5 Å². The summed E-state index contributed by atoms with van der Waals surface area (Å²) < 4.78 is 0. The number of nitriles is 2. The zero-order valence-electron chi connectivity index (χ0n) is 11.3. The quantitative estimate of drug-likeness (QED) is 0.464. The Bertz CT molecular complexity index is 1010. The van der Waals surface area contributed by atoms with Gasteiger partial charge in [-0.2, -0.15) is 10.5 Å². The van der Waals surface area contributed by atoms with E-state index in [1.165, 1.54) is 22.7 Å². The molecule has 0 fully saturated rings. The van der Waals surface area contributed by atoms with E-state index in [9.17, 15) is 10.5 Å². The highest BCUT2D eigenvalue weighted by molar-refractivity contribution is 7.25. The number of rotatable bonds is 1. The Labute approximate surface area is 135 Å². The summed E-state index contributed by atoms with van der Waals surface area (Å²) in [6.07, 6.45) is 0. The van der Waals surface area contributed by atoms with Crippen molar-refractivity contribution in [1.29, 1.82) is 10.5 Å². The third kappa shape index (κ3) is 1.76. The fourth-order valence-electron chi connectivity index (χ4n) is 2.69. The van der Waals surface area contributed by atoms with E-state index in [-0.39, 0.29) is 0 Å². The van der Waals surface area contributed by atoms with Gasteiger partial charge in [-0.25, -0.2) is 0 Å². The fraction of sp³-hybridized carbons (Fsp3) is 0. The molecule has 0 aliphatic carbocycles. The highest BCUT2D eigenvalue weighted by atomic mass is 32.1. The van der Waals surface area contributed by atoms with Crippen molar-refractivity contribution in [3.63, 3.8) is 0 Å². The van der Waals surface area contributed by atoms with Gasteiger partial charge in [0, 0.05) is 21.5 Å². The van der Waals surface area contributed by atoms with Crippen LogP contribution in [0.1, 0.15) is 9.75 Å². The van der Waals surface area contributed by atoms with Crippen LogP contribution in [0.25, 0.3) is 31.3 Å². The topological polar surface area (TPSA) is 47.6 Å². The first kappa shape index (κ1) is 13.0. The van der Waals surface area contributed by atoms with Crippen molar-refractivity contribution in [2.45, 2.75) is 0 Å².